The summed E-state index contributed by atoms with van der Waals surface area (Å²) in [5.41, 5.74) is 5.02. The van der Waals surface area contributed by atoms with E-state index in [1.54, 1.807) is 24.4 Å². The number of rotatable bonds is 4. The van der Waals surface area contributed by atoms with Crippen LogP contribution in [0.15, 0.2) is 78.0 Å². The second kappa shape index (κ2) is 7.77. The van der Waals surface area contributed by atoms with Gasteiger partial charge < -0.3 is 10.2 Å². The summed E-state index contributed by atoms with van der Waals surface area (Å²) in [6.07, 6.45) is 2.92. The number of carbonyl (C=O) groups excluding carboxylic acids is 1. The average Bonchev–Trinajstić information content (AvgIpc) is 2.76. The third-order valence-electron chi connectivity index (χ3n) is 4.30. The first-order valence-corrected chi connectivity index (χ1v) is 8.79. The van der Waals surface area contributed by atoms with Gasteiger partial charge in [0.2, 0.25) is 0 Å². The minimum Gasteiger partial charge on any atom is -0.504 e. The molecule has 0 aliphatic heterocycles. The number of amides is 1. The number of hydrogen-bond donors (Lipinski definition) is 3. The number of aromatic hydroxyl groups is 2. The summed E-state index contributed by atoms with van der Waals surface area (Å²) in [6.45, 7) is 0. The van der Waals surface area contributed by atoms with Crippen LogP contribution in [0.4, 0.5) is 0 Å². The quantitative estimate of drug-likeness (QED) is 0.284. The van der Waals surface area contributed by atoms with Gasteiger partial charge in [0, 0.05) is 17.1 Å². The molecule has 2 heterocycles. The Morgan fingerprint density at radius 1 is 0.966 bits per heavy atom. The van der Waals surface area contributed by atoms with Crippen LogP contribution in [0.1, 0.15) is 15.9 Å². The highest BCUT2D eigenvalue weighted by Gasteiger charge is 2.14. The zero-order valence-corrected chi connectivity index (χ0v) is 15.1. The Labute approximate surface area is 166 Å². The first kappa shape index (κ1) is 18.1. The monoisotopic (exact) mass is 384 g/mol. The lowest BCUT2D eigenvalue weighted by molar-refractivity contribution is 0.0956. The summed E-state index contributed by atoms with van der Waals surface area (Å²) < 4.78 is 0. The third kappa shape index (κ3) is 3.74. The molecular weight excluding hydrogens is 368 g/mol. The maximum Gasteiger partial charge on any atom is 0.272 e. The molecule has 0 bridgehead atoms. The first-order valence-electron chi connectivity index (χ1n) is 8.79. The van der Waals surface area contributed by atoms with Gasteiger partial charge in [0.15, 0.2) is 11.5 Å². The van der Waals surface area contributed by atoms with E-state index in [1.165, 1.54) is 12.3 Å². The maximum absolute atomic E-state index is 12.8. The normalized spacial score (nSPS) is 11.0. The molecule has 29 heavy (non-hydrogen) atoms. The lowest BCUT2D eigenvalue weighted by atomic mass is 10.1. The van der Waals surface area contributed by atoms with E-state index in [2.05, 4.69) is 20.5 Å². The van der Waals surface area contributed by atoms with Crippen molar-refractivity contribution in [1.82, 2.24) is 15.4 Å². The molecule has 1 amide bonds. The van der Waals surface area contributed by atoms with Crippen LogP contribution >= 0.6 is 0 Å². The van der Waals surface area contributed by atoms with Gasteiger partial charge in [-0.15, -0.1) is 0 Å². The van der Waals surface area contributed by atoms with Crippen molar-refractivity contribution < 1.29 is 15.0 Å². The molecule has 0 aliphatic rings. The van der Waals surface area contributed by atoms with Gasteiger partial charge in [0.1, 0.15) is 0 Å². The molecule has 0 aliphatic carbocycles. The topological polar surface area (TPSA) is 108 Å². The lowest BCUT2D eigenvalue weighted by Crippen LogP contribution is -2.18. The summed E-state index contributed by atoms with van der Waals surface area (Å²) in [7, 11) is 0. The van der Waals surface area contributed by atoms with Crippen molar-refractivity contribution in [3.63, 3.8) is 0 Å². The molecule has 0 saturated carbocycles. The van der Waals surface area contributed by atoms with E-state index in [-0.39, 0.29) is 17.1 Å². The zero-order chi connectivity index (χ0) is 20.2. The largest absolute Gasteiger partial charge is 0.504 e. The molecule has 2 aromatic heterocycles. The van der Waals surface area contributed by atoms with Gasteiger partial charge in [0.05, 0.1) is 28.7 Å². The summed E-state index contributed by atoms with van der Waals surface area (Å²) in [6, 6.07) is 18.9. The molecule has 2 aromatic carbocycles. The molecule has 4 rings (SSSR count). The van der Waals surface area contributed by atoms with Crippen LogP contribution in [0, 0.1) is 0 Å². The van der Waals surface area contributed by atoms with E-state index >= 15 is 0 Å². The van der Waals surface area contributed by atoms with Gasteiger partial charge in [-0.25, -0.2) is 10.4 Å². The van der Waals surface area contributed by atoms with Crippen LogP contribution < -0.4 is 5.43 Å². The predicted octanol–water partition coefficient (Wildman–Crippen LogP) is 3.47. The molecule has 0 atom stereocenters. The third-order valence-corrected chi connectivity index (χ3v) is 4.30. The van der Waals surface area contributed by atoms with Crippen LogP contribution in [0.2, 0.25) is 0 Å². The molecule has 0 radical (unpaired) electrons. The highest BCUT2D eigenvalue weighted by Crippen LogP contribution is 2.27. The number of aromatic nitrogens is 2. The van der Waals surface area contributed by atoms with E-state index in [0.717, 1.165) is 0 Å². The average molecular weight is 384 g/mol. The Morgan fingerprint density at radius 2 is 1.79 bits per heavy atom. The van der Waals surface area contributed by atoms with Crippen molar-refractivity contribution in [1.29, 1.82) is 0 Å². The standard InChI is InChI=1S/C22H16N4O3/c27-20-10-5-6-14(21(20)28)13-24-26-22(29)16-12-19(18-9-3-4-11-23-18)25-17-8-2-1-7-15(16)17/h1-13,27-28H,(H,26,29)/b24-13+. The number of nitrogens with one attached hydrogen (secondary N) is 1. The minimum atomic E-state index is -0.434. The number of pyridine rings is 2. The van der Waals surface area contributed by atoms with E-state index in [1.807, 2.05) is 42.5 Å². The molecule has 0 spiro atoms. The van der Waals surface area contributed by atoms with E-state index in [9.17, 15) is 15.0 Å². The smallest absolute Gasteiger partial charge is 0.272 e. The van der Waals surface area contributed by atoms with E-state index in [0.29, 0.717) is 27.9 Å². The zero-order valence-electron chi connectivity index (χ0n) is 15.1. The molecule has 0 saturated heterocycles. The lowest BCUT2D eigenvalue weighted by Gasteiger charge is -2.08. The highest BCUT2D eigenvalue weighted by atomic mass is 16.3. The fourth-order valence-corrected chi connectivity index (χ4v) is 2.88. The second-order valence-electron chi connectivity index (χ2n) is 6.20. The van der Waals surface area contributed by atoms with E-state index < -0.39 is 5.91 Å². The van der Waals surface area contributed by atoms with E-state index in [4.69, 9.17) is 0 Å². The number of nitrogens with zero attached hydrogens (tertiary/aromatic N) is 3. The summed E-state index contributed by atoms with van der Waals surface area (Å²) in [4.78, 5) is 21.7. The van der Waals surface area contributed by atoms with Gasteiger partial charge in [-0.2, -0.15) is 5.10 Å². The Hall–Kier alpha value is -4.26. The van der Waals surface area contributed by atoms with Crippen LogP contribution in [0.5, 0.6) is 11.5 Å². The van der Waals surface area contributed by atoms with Gasteiger partial charge in [-0.3, -0.25) is 9.78 Å². The van der Waals surface area contributed by atoms with Crippen LogP contribution in [-0.2, 0) is 0 Å². The Balaban J connectivity index is 1.68. The summed E-state index contributed by atoms with van der Waals surface area (Å²) >= 11 is 0. The minimum absolute atomic E-state index is 0.264. The molecule has 7 nitrogen and oxygen atoms in total. The van der Waals surface area contributed by atoms with Gasteiger partial charge in [-0.05, 0) is 36.4 Å². The summed E-state index contributed by atoms with van der Waals surface area (Å²) in [5, 5.41) is 23.9. The van der Waals surface area contributed by atoms with Crippen LogP contribution in [0.25, 0.3) is 22.3 Å². The molecule has 4 aromatic rings. The summed E-state index contributed by atoms with van der Waals surface area (Å²) in [5.74, 6) is -1.01. The fraction of sp³-hybridized carbons (Fsp3) is 0. The number of para-hydroxylation sites is 2. The highest BCUT2D eigenvalue weighted by molar-refractivity contribution is 6.07. The molecule has 3 N–H and O–H groups in total. The number of phenols is 2. The molecule has 0 unspecified atom stereocenters. The number of hydrazone groups is 1. The van der Waals surface area contributed by atoms with Crippen molar-refractivity contribution >= 4 is 23.0 Å². The number of benzene rings is 2. The molecular formula is C22H16N4O3. The SMILES string of the molecule is O=C(N/N=C/c1cccc(O)c1O)c1cc(-c2ccccn2)nc2ccccc12. The van der Waals surface area contributed by atoms with Crippen LogP contribution in [0.3, 0.4) is 0 Å². The Bertz CT molecular complexity index is 1220. The fourth-order valence-electron chi connectivity index (χ4n) is 2.88. The predicted molar refractivity (Wildman–Crippen MR) is 110 cm³/mol. The van der Waals surface area contributed by atoms with Gasteiger partial charge >= 0.3 is 0 Å². The molecule has 7 heteroatoms. The van der Waals surface area contributed by atoms with Crippen molar-refractivity contribution in [2.24, 2.45) is 5.10 Å². The number of hydrogen-bond acceptors (Lipinski definition) is 6. The number of fused-ring (bicyclic) bond motifs is 1. The second-order valence-corrected chi connectivity index (χ2v) is 6.20. The molecule has 142 valence electrons. The van der Waals surface area contributed by atoms with Crippen molar-refractivity contribution in [3.8, 4) is 22.9 Å². The number of phenolic OH excluding ortho intramolecular Hbond substituents is 2. The maximum atomic E-state index is 12.8. The van der Waals surface area contributed by atoms with Crippen molar-refractivity contribution in [2.75, 3.05) is 0 Å². The van der Waals surface area contributed by atoms with Crippen molar-refractivity contribution in [3.05, 3.63) is 84.1 Å². The Kier molecular flexibility index (Phi) is 4.86. The first-order chi connectivity index (χ1) is 14.1. The Morgan fingerprint density at radius 3 is 2.62 bits per heavy atom. The van der Waals surface area contributed by atoms with Gasteiger partial charge in [-0.1, -0.05) is 30.3 Å². The van der Waals surface area contributed by atoms with Gasteiger partial charge in [0.25, 0.3) is 5.91 Å². The number of carbonyl (C=O) groups is 1. The van der Waals surface area contributed by atoms with Crippen molar-refractivity contribution in [2.45, 2.75) is 0 Å². The van der Waals surface area contributed by atoms with Crippen LogP contribution in [-0.4, -0.2) is 32.3 Å². The molecule has 0 fully saturated rings.